The van der Waals surface area contributed by atoms with Crippen molar-refractivity contribution >= 4 is 21.9 Å². The van der Waals surface area contributed by atoms with Crippen LogP contribution in [0.4, 0.5) is 4.39 Å². The van der Waals surface area contributed by atoms with E-state index >= 15 is 0 Å². The summed E-state index contributed by atoms with van der Waals surface area (Å²) in [6.45, 7) is 2.04. The highest BCUT2D eigenvalue weighted by atomic mass is 79.9. The summed E-state index contributed by atoms with van der Waals surface area (Å²) in [4.78, 5) is 12.4. The van der Waals surface area contributed by atoms with E-state index in [1.165, 1.54) is 16.8 Å². The maximum absolute atomic E-state index is 13.6. The zero-order valence-electron chi connectivity index (χ0n) is 13.6. The molecule has 0 saturated carbocycles. The summed E-state index contributed by atoms with van der Waals surface area (Å²) < 4.78 is 21.3. The van der Waals surface area contributed by atoms with E-state index in [4.69, 9.17) is 4.74 Å². The molecule has 6 heteroatoms. The Kier molecular flexibility index (Phi) is 5.28. The van der Waals surface area contributed by atoms with Gasteiger partial charge in [-0.2, -0.15) is 5.10 Å². The van der Waals surface area contributed by atoms with E-state index in [0.717, 1.165) is 23.0 Å². The van der Waals surface area contributed by atoms with Crippen molar-refractivity contribution in [3.63, 3.8) is 0 Å². The lowest BCUT2D eigenvalue weighted by molar-refractivity contribution is 0.0723. The molecule has 0 saturated heterocycles. The van der Waals surface area contributed by atoms with Gasteiger partial charge >= 0.3 is 5.97 Å². The SMILES string of the molecule is CCCc1cc(OC(=O)c2cccc(Br)c2)n(-c2cccc(F)c2)n1. The number of hydrogen-bond acceptors (Lipinski definition) is 3. The number of carbonyl (C=O) groups is 1. The molecule has 3 aromatic rings. The molecule has 3 rings (SSSR count). The highest BCUT2D eigenvalue weighted by molar-refractivity contribution is 9.10. The Morgan fingerprint density at radius 3 is 2.72 bits per heavy atom. The normalized spacial score (nSPS) is 10.7. The molecule has 0 fully saturated rings. The van der Waals surface area contributed by atoms with Gasteiger partial charge in [-0.05, 0) is 42.8 Å². The number of esters is 1. The van der Waals surface area contributed by atoms with Gasteiger partial charge in [0, 0.05) is 10.5 Å². The molecule has 0 amide bonds. The standard InChI is InChI=1S/C19H16BrFN2O2/c1-2-5-16-12-18(23(22-16)17-9-4-8-15(21)11-17)25-19(24)13-6-3-7-14(20)10-13/h3-4,6-12H,2,5H2,1H3. The molecule has 0 spiro atoms. The first-order valence-corrected chi connectivity index (χ1v) is 8.68. The summed E-state index contributed by atoms with van der Waals surface area (Å²) in [7, 11) is 0. The second-order valence-corrected chi connectivity index (χ2v) is 6.43. The monoisotopic (exact) mass is 402 g/mol. The molecule has 0 aliphatic heterocycles. The zero-order chi connectivity index (χ0) is 17.8. The molecule has 128 valence electrons. The lowest BCUT2D eigenvalue weighted by atomic mass is 10.2. The molecule has 0 N–H and O–H groups in total. The minimum Gasteiger partial charge on any atom is -0.404 e. The van der Waals surface area contributed by atoms with Gasteiger partial charge in [0.05, 0.1) is 16.9 Å². The van der Waals surface area contributed by atoms with Crippen molar-refractivity contribution in [2.75, 3.05) is 0 Å². The van der Waals surface area contributed by atoms with Crippen molar-refractivity contribution in [3.8, 4) is 11.6 Å². The Balaban J connectivity index is 1.95. The molecule has 0 atom stereocenters. The molecular weight excluding hydrogens is 387 g/mol. The summed E-state index contributed by atoms with van der Waals surface area (Å²) in [5.74, 6) is -0.616. The van der Waals surface area contributed by atoms with Crippen LogP contribution in [0.15, 0.2) is 59.1 Å². The van der Waals surface area contributed by atoms with E-state index in [-0.39, 0.29) is 11.7 Å². The van der Waals surface area contributed by atoms with Gasteiger partial charge in [0.1, 0.15) is 5.82 Å². The zero-order valence-corrected chi connectivity index (χ0v) is 15.2. The van der Waals surface area contributed by atoms with Gasteiger partial charge < -0.3 is 4.74 Å². The molecule has 4 nitrogen and oxygen atoms in total. The smallest absolute Gasteiger partial charge is 0.344 e. The number of hydrogen-bond donors (Lipinski definition) is 0. The van der Waals surface area contributed by atoms with E-state index in [2.05, 4.69) is 21.0 Å². The van der Waals surface area contributed by atoms with E-state index in [1.54, 1.807) is 36.4 Å². The van der Waals surface area contributed by atoms with Crippen molar-refractivity contribution in [3.05, 3.63) is 76.1 Å². The van der Waals surface area contributed by atoms with Crippen LogP contribution in [0.2, 0.25) is 0 Å². The average Bonchev–Trinajstić information content (AvgIpc) is 2.97. The minimum atomic E-state index is -0.498. The first-order chi connectivity index (χ1) is 12.1. The Labute approximate surface area is 153 Å². The van der Waals surface area contributed by atoms with Crippen LogP contribution < -0.4 is 4.74 Å². The van der Waals surface area contributed by atoms with Gasteiger partial charge in [0.2, 0.25) is 5.88 Å². The topological polar surface area (TPSA) is 44.1 Å². The van der Waals surface area contributed by atoms with Crippen molar-refractivity contribution in [1.82, 2.24) is 9.78 Å². The van der Waals surface area contributed by atoms with E-state index in [0.29, 0.717) is 11.3 Å². The average molecular weight is 403 g/mol. The number of ether oxygens (including phenoxy) is 1. The molecule has 1 aromatic heterocycles. The summed E-state index contributed by atoms with van der Waals surface area (Å²) in [5, 5.41) is 4.44. The number of benzene rings is 2. The second-order valence-electron chi connectivity index (χ2n) is 5.52. The van der Waals surface area contributed by atoms with Crippen molar-refractivity contribution < 1.29 is 13.9 Å². The van der Waals surface area contributed by atoms with Gasteiger partial charge in [-0.1, -0.05) is 41.4 Å². The van der Waals surface area contributed by atoms with Crippen LogP contribution >= 0.6 is 15.9 Å². The van der Waals surface area contributed by atoms with E-state index in [1.807, 2.05) is 13.0 Å². The van der Waals surface area contributed by atoms with Gasteiger partial charge in [0.15, 0.2) is 0 Å². The molecule has 0 aliphatic carbocycles. The quantitative estimate of drug-likeness (QED) is 0.567. The van der Waals surface area contributed by atoms with Crippen LogP contribution in [0.5, 0.6) is 5.88 Å². The number of aromatic nitrogens is 2. The molecular formula is C19H16BrFN2O2. The van der Waals surface area contributed by atoms with Crippen LogP contribution in [-0.4, -0.2) is 15.7 Å². The molecule has 0 bridgehead atoms. The molecule has 25 heavy (non-hydrogen) atoms. The number of halogens is 2. The van der Waals surface area contributed by atoms with Crippen molar-refractivity contribution in [1.29, 1.82) is 0 Å². The third-order valence-corrected chi connectivity index (χ3v) is 4.04. The molecule has 0 aliphatic rings. The highest BCUT2D eigenvalue weighted by Crippen LogP contribution is 2.22. The Hall–Kier alpha value is -2.47. The van der Waals surface area contributed by atoms with Gasteiger partial charge in [-0.25, -0.2) is 13.9 Å². The molecule has 0 unspecified atom stereocenters. The second kappa shape index (κ2) is 7.61. The van der Waals surface area contributed by atoms with E-state index in [9.17, 15) is 9.18 Å². The first-order valence-electron chi connectivity index (χ1n) is 7.89. The largest absolute Gasteiger partial charge is 0.404 e. The third-order valence-electron chi connectivity index (χ3n) is 3.54. The fourth-order valence-corrected chi connectivity index (χ4v) is 2.82. The van der Waals surface area contributed by atoms with Crippen LogP contribution in [0.3, 0.4) is 0 Å². The molecule has 2 aromatic carbocycles. The minimum absolute atomic E-state index is 0.263. The van der Waals surface area contributed by atoms with Crippen molar-refractivity contribution in [2.45, 2.75) is 19.8 Å². The molecule has 0 radical (unpaired) electrons. The van der Waals surface area contributed by atoms with Crippen LogP contribution in [0.25, 0.3) is 5.69 Å². The predicted molar refractivity (Wildman–Crippen MR) is 96.6 cm³/mol. The highest BCUT2D eigenvalue weighted by Gasteiger charge is 2.16. The van der Waals surface area contributed by atoms with Crippen LogP contribution in [-0.2, 0) is 6.42 Å². The number of rotatable bonds is 5. The third kappa shape index (κ3) is 4.14. The van der Waals surface area contributed by atoms with Crippen LogP contribution in [0, 0.1) is 5.82 Å². The fraction of sp³-hybridized carbons (Fsp3) is 0.158. The number of nitrogens with zero attached hydrogens (tertiary/aromatic N) is 2. The van der Waals surface area contributed by atoms with Crippen LogP contribution in [0.1, 0.15) is 29.4 Å². The predicted octanol–water partition coefficient (Wildman–Crippen LogP) is 4.95. The first kappa shape index (κ1) is 17.4. The van der Waals surface area contributed by atoms with Gasteiger partial charge in [-0.3, -0.25) is 0 Å². The number of aryl methyl sites for hydroxylation is 1. The lowest BCUT2D eigenvalue weighted by Crippen LogP contribution is -2.11. The summed E-state index contributed by atoms with van der Waals surface area (Å²) in [5.41, 5.74) is 1.70. The van der Waals surface area contributed by atoms with Crippen molar-refractivity contribution in [2.24, 2.45) is 0 Å². The Bertz CT molecular complexity index is 908. The Morgan fingerprint density at radius 1 is 1.20 bits per heavy atom. The lowest BCUT2D eigenvalue weighted by Gasteiger charge is -2.08. The number of carbonyl (C=O) groups excluding carboxylic acids is 1. The summed E-state index contributed by atoms with van der Waals surface area (Å²) >= 11 is 3.33. The fourth-order valence-electron chi connectivity index (χ4n) is 2.42. The van der Waals surface area contributed by atoms with Gasteiger partial charge in [0.25, 0.3) is 0 Å². The van der Waals surface area contributed by atoms with Gasteiger partial charge in [-0.15, -0.1) is 0 Å². The maximum atomic E-state index is 13.6. The molecule has 1 heterocycles. The summed E-state index contributed by atoms with van der Waals surface area (Å²) in [6, 6.07) is 14.6. The Morgan fingerprint density at radius 2 is 2.00 bits per heavy atom. The van der Waals surface area contributed by atoms with E-state index < -0.39 is 5.97 Å². The summed E-state index contributed by atoms with van der Waals surface area (Å²) in [6.07, 6.45) is 1.64. The maximum Gasteiger partial charge on any atom is 0.344 e.